The van der Waals surface area contributed by atoms with Crippen LogP contribution in [0.5, 0.6) is 0 Å². The first-order valence-electron chi connectivity index (χ1n) is 6.54. The molecule has 3 rings (SSSR count). The minimum absolute atomic E-state index is 0.240. The quantitative estimate of drug-likeness (QED) is 0.892. The predicted octanol–water partition coefficient (Wildman–Crippen LogP) is 2.08. The second kappa shape index (κ2) is 4.90. The number of benzene rings is 1. The van der Waals surface area contributed by atoms with Crippen LogP contribution in [-0.2, 0) is 19.5 Å². The van der Waals surface area contributed by atoms with Gasteiger partial charge in [-0.2, -0.15) is 0 Å². The fraction of sp³-hybridized carbons (Fsp3) is 0.429. The van der Waals surface area contributed by atoms with Crippen LogP contribution in [0.2, 0.25) is 0 Å². The van der Waals surface area contributed by atoms with E-state index in [-0.39, 0.29) is 6.04 Å². The minimum atomic E-state index is 0.240. The zero-order valence-electron chi connectivity index (χ0n) is 10.6. The number of fused-ring (bicyclic) bond motifs is 1. The maximum absolute atomic E-state index is 4.30. The SMILES string of the molecule is CC(NCc1ccccc1)c1nnc2n1CCC2. The largest absolute Gasteiger partial charge is 0.314 e. The van der Waals surface area contributed by atoms with E-state index in [9.17, 15) is 0 Å². The van der Waals surface area contributed by atoms with Crippen LogP contribution in [-0.4, -0.2) is 14.8 Å². The van der Waals surface area contributed by atoms with Crippen LogP contribution in [0.3, 0.4) is 0 Å². The van der Waals surface area contributed by atoms with Gasteiger partial charge in [0, 0.05) is 19.5 Å². The van der Waals surface area contributed by atoms with Crippen molar-refractivity contribution < 1.29 is 0 Å². The smallest absolute Gasteiger partial charge is 0.149 e. The van der Waals surface area contributed by atoms with Crippen molar-refractivity contribution in [1.82, 2.24) is 20.1 Å². The number of aryl methyl sites for hydroxylation is 1. The summed E-state index contributed by atoms with van der Waals surface area (Å²) in [5.74, 6) is 2.21. The van der Waals surface area contributed by atoms with E-state index in [1.807, 2.05) is 6.07 Å². The summed E-state index contributed by atoms with van der Waals surface area (Å²) in [4.78, 5) is 0. The van der Waals surface area contributed by atoms with Crippen LogP contribution in [0, 0.1) is 0 Å². The second-order valence-electron chi connectivity index (χ2n) is 4.82. The molecule has 1 aliphatic rings. The molecule has 1 aromatic heterocycles. The number of nitrogens with zero attached hydrogens (tertiary/aromatic N) is 3. The highest BCUT2D eigenvalue weighted by atomic mass is 15.3. The molecule has 0 saturated heterocycles. The van der Waals surface area contributed by atoms with Crippen molar-refractivity contribution in [3.63, 3.8) is 0 Å². The number of aromatic nitrogens is 3. The van der Waals surface area contributed by atoms with Gasteiger partial charge in [-0.25, -0.2) is 0 Å². The molecule has 18 heavy (non-hydrogen) atoms. The van der Waals surface area contributed by atoms with Gasteiger partial charge in [-0.05, 0) is 18.9 Å². The third-order valence-corrected chi connectivity index (χ3v) is 3.48. The van der Waals surface area contributed by atoms with Gasteiger partial charge in [-0.15, -0.1) is 10.2 Å². The van der Waals surface area contributed by atoms with E-state index < -0.39 is 0 Å². The van der Waals surface area contributed by atoms with Crippen molar-refractivity contribution in [3.05, 3.63) is 47.5 Å². The molecule has 94 valence electrons. The lowest BCUT2D eigenvalue weighted by Gasteiger charge is -2.13. The topological polar surface area (TPSA) is 42.7 Å². The normalized spacial score (nSPS) is 15.6. The molecule has 0 amide bonds. The zero-order chi connectivity index (χ0) is 12.4. The molecule has 1 N–H and O–H groups in total. The number of hydrogen-bond acceptors (Lipinski definition) is 3. The van der Waals surface area contributed by atoms with Gasteiger partial charge in [-0.3, -0.25) is 0 Å². The molecule has 4 nitrogen and oxygen atoms in total. The third kappa shape index (κ3) is 2.16. The summed E-state index contributed by atoms with van der Waals surface area (Å²) in [7, 11) is 0. The van der Waals surface area contributed by atoms with E-state index in [1.54, 1.807) is 0 Å². The van der Waals surface area contributed by atoms with Gasteiger partial charge < -0.3 is 9.88 Å². The second-order valence-corrected chi connectivity index (χ2v) is 4.82. The minimum Gasteiger partial charge on any atom is -0.314 e. The summed E-state index contributed by atoms with van der Waals surface area (Å²) in [6.07, 6.45) is 2.27. The Morgan fingerprint density at radius 2 is 2.11 bits per heavy atom. The molecular formula is C14H18N4. The van der Waals surface area contributed by atoms with E-state index in [4.69, 9.17) is 0 Å². The highest BCUT2D eigenvalue weighted by molar-refractivity contribution is 5.14. The summed E-state index contributed by atoms with van der Waals surface area (Å²) in [6.45, 7) is 4.08. The zero-order valence-corrected chi connectivity index (χ0v) is 10.6. The summed E-state index contributed by atoms with van der Waals surface area (Å²) in [6, 6.07) is 10.7. The van der Waals surface area contributed by atoms with Crippen molar-refractivity contribution in [3.8, 4) is 0 Å². The lowest BCUT2D eigenvalue weighted by Crippen LogP contribution is -2.21. The Morgan fingerprint density at radius 3 is 2.94 bits per heavy atom. The Balaban J connectivity index is 1.66. The maximum Gasteiger partial charge on any atom is 0.149 e. The Bertz CT molecular complexity index is 518. The predicted molar refractivity (Wildman–Crippen MR) is 70.0 cm³/mol. The van der Waals surface area contributed by atoms with Gasteiger partial charge in [0.15, 0.2) is 0 Å². The maximum atomic E-state index is 4.30. The van der Waals surface area contributed by atoms with E-state index in [0.29, 0.717) is 0 Å². The Hall–Kier alpha value is -1.68. The molecule has 0 bridgehead atoms. The molecule has 2 heterocycles. The highest BCUT2D eigenvalue weighted by Crippen LogP contribution is 2.19. The number of nitrogens with one attached hydrogen (secondary N) is 1. The molecule has 1 atom stereocenters. The molecule has 4 heteroatoms. The van der Waals surface area contributed by atoms with Crippen molar-refractivity contribution in [2.75, 3.05) is 0 Å². The molecule has 0 radical (unpaired) electrons. The van der Waals surface area contributed by atoms with Crippen LogP contribution < -0.4 is 5.32 Å². The van der Waals surface area contributed by atoms with Gasteiger partial charge in [0.25, 0.3) is 0 Å². The summed E-state index contributed by atoms with van der Waals surface area (Å²) in [5, 5.41) is 12.1. The van der Waals surface area contributed by atoms with Gasteiger partial charge in [0.1, 0.15) is 11.6 Å². The summed E-state index contributed by atoms with van der Waals surface area (Å²) >= 11 is 0. The van der Waals surface area contributed by atoms with E-state index in [2.05, 4.69) is 51.3 Å². The van der Waals surface area contributed by atoms with Crippen LogP contribution in [0.4, 0.5) is 0 Å². The van der Waals surface area contributed by atoms with Crippen LogP contribution in [0.15, 0.2) is 30.3 Å². The molecular weight excluding hydrogens is 224 g/mol. The average Bonchev–Trinajstić information content (AvgIpc) is 2.99. The fourth-order valence-corrected chi connectivity index (χ4v) is 2.45. The van der Waals surface area contributed by atoms with Crippen molar-refractivity contribution in [2.45, 2.75) is 38.9 Å². The van der Waals surface area contributed by atoms with E-state index in [0.717, 1.165) is 31.2 Å². The molecule has 0 fully saturated rings. The third-order valence-electron chi connectivity index (χ3n) is 3.48. The van der Waals surface area contributed by atoms with Crippen molar-refractivity contribution in [2.24, 2.45) is 0 Å². The number of rotatable bonds is 4. The van der Waals surface area contributed by atoms with Crippen LogP contribution in [0.1, 0.15) is 36.6 Å². The Morgan fingerprint density at radius 1 is 1.28 bits per heavy atom. The highest BCUT2D eigenvalue weighted by Gasteiger charge is 2.20. The van der Waals surface area contributed by atoms with E-state index >= 15 is 0 Å². The van der Waals surface area contributed by atoms with Crippen molar-refractivity contribution >= 4 is 0 Å². The van der Waals surface area contributed by atoms with Gasteiger partial charge in [0.2, 0.25) is 0 Å². The van der Waals surface area contributed by atoms with Gasteiger partial charge in [-0.1, -0.05) is 30.3 Å². The number of hydrogen-bond donors (Lipinski definition) is 1. The molecule has 1 aromatic carbocycles. The summed E-state index contributed by atoms with van der Waals surface area (Å²) in [5.41, 5.74) is 1.30. The first kappa shape index (κ1) is 11.4. The van der Waals surface area contributed by atoms with Crippen molar-refractivity contribution in [1.29, 1.82) is 0 Å². The molecule has 1 unspecified atom stereocenters. The first-order valence-corrected chi connectivity index (χ1v) is 6.54. The molecule has 0 aliphatic carbocycles. The van der Waals surface area contributed by atoms with E-state index in [1.165, 1.54) is 12.0 Å². The molecule has 0 spiro atoms. The first-order chi connectivity index (χ1) is 8.84. The van der Waals surface area contributed by atoms with Crippen LogP contribution >= 0.6 is 0 Å². The Kier molecular flexibility index (Phi) is 3.11. The summed E-state index contributed by atoms with van der Waals surface area (Å²) < 4.78 is 2.25. The monoisotopic (exact) mass is 242 g/mol. The molecule has 1 aliphatic heterocycles. The van der Waals surface area contributed by atoms with Gasteiger partial charge >= 0.3 is 0 Å². The lowest BCUT2D eigenvalue weighted by atomic mass is 10.2. The Labute approximate surface area is 107 Å². The standard InChI is InChI=1S/C14H18N4/c1-11(15-10-12-6-3-2-4-7-12)14-17-16-13-8-5-9-18(13)14/h2-4,6-7,11,15H,5,8-10H2,1H3. The van der Waals surface area contributed by atoms with Gasteiger partial charge in [0.05, 0.1) is 6.04 Å². The lowest BCUT2D eigenvalue weighted by molar-refractivity contribution is 0.516. The van der Waals surface area contributed by atoms with Crippen LogP contribution in [0.25, 0.3) is 0 Å². The fourth-order valence-electron chi connectivity index (χ4n) is 2.45. The molecule has 2 aromatic rings. The average molecular weight is 242 g/mol. The molecule has 0 saturated carbocycles.